The molecule has 0 saturated carbocycles. The van der Waals surface area contributed by atoms with E-state index in [2.05, 4.69) is 54.9 Å². The van der Waals surface area contributed by atoms with Crippen LogP contribution in [0.25, 0.3) is 0 Å². The summed E-state index contributed by atoms with van der Waals surface area (Å²) in [5, 5.41) is 0.770. The number of benzene rings is 2. The maximum Gasteiger partial charge on any atom is 0.124 e. The number of methoxy groups -OCH3 is 1. The molecular weight excluding hydrogens is 336 g/mol. The number of hydrogen-bond donors (Lipinski definition) is 0. The van der Waals surface area contributed by atoms with E-state index in [1.54, 1.807) is 7.11 Å². The zero-order valence-electron chi connectivity index (χ0n) is 12.1. The quantitative estimate of drug-likeness (QED) is 0.638. The third kappa shape index (κ3) is 3.18. The number of rotatable bonds is 3. The standard InChI is InChI=1S/C17H18BrClO/c1-10-5-13(9-15(19)6-10)16(18)14-7-11(2)17(20-4)12(3)8-14/h5-9,16H,1-4H3. The largest absolute Gasteiger partial charge is 0.496 e. The molecular formula is C17H18BrClO. The summed E-state index contributed by atoms with van der Waals surface area (Å²) in [4.78, 5) is 0.128. The minimum Gasteiger partial charge on any atom is -0.496 e. The van der Waals surface area contributed by atoms with Crippen LogP contribution < -0.4 is 4.74 Å². The van der Waals surface area contributed by atoms with Crippen molar-refractivity contribution in [3.63, 3.8) is 0 Å². The van der Waals surface area contributed by atoms with Crippen LogP contribution >= 0.6 is 27.5 Å². The summed E-state index contributed by atoms with van der Waals surface area (Å²) in [5.41, 5.74) is 5.83. The van der Waals surface area contributed by atoms with Crippen LogP contribution in [0, 0.1) is 20.8 Å². The van der Waals surface area contributed by atoms with Crippen molar-refractivity contribution < 1.29 is 4.74 Å². The number of alkyl halides is 1. The van der Waals surface area contributed by atoms with Crippen LogP contribution in [0.1, 0.15) is 32.6 Å². The highest BCUT2D eigenvalue weighted by Gasteiger charge is 2.14. The van der Waals surface area contributed by atoms with E-state index >= 15 is 0 Å². The van der Waals surface area contributed by atoms with Gasteiger partial charge < -0.3 is 4.74 Å². The highest BCUT2D eigenvalue weighted by Crippen LogP contribution is 2.36. The van der Waals surface area contributed by atoms with Crippen LogP contribution in [0.15, 0.2) is 30.3 Å². The Morgan fingerprint density at radius 2 is 1.50 bits per heavy atom. The van der Waals surface area contributed by atoms with Gasteiger partial charge in [-0.15, -0.1) is 0 Å². The fourth-order valence-electron chi connectivity index (χ4n) is 2.56. The second-order valence-corrected chi connectivity index (χ2v) is 6.46. The lowest BCUT2D eigenvalue weighted by Crippen LogP contribution is -1.98. The topological polar surface area (TPSA) is 9.23 Å². The van der Waals surface area contributed by atoms with E-state index in [-0.39, 0.29) is 4.83 Å². The smallest absolute Gasteiger partial charge is 0.124 e. The first kappa shape index (κ1) is 15.4. The van der Waals surface area contributed by atoms with Gasteiger partial charge in [-0.3, -0.25) is 0 Å². The normalized spacial score (nSPS) is 12.3. The molecule has 1 atom stereocenters. The molecule has 0 aliphatic rings. The lowest BCUT2D eigenvalue weighted by Gasteiger charge is -2.16. The van der Waals surface area contributed by atoms with Crippen molar-refractivity contribution in [2.75, 3.05) is 7.11 Å². The summed E-state index contributed by atoms with van der Waals surface area (Å²) in [7, 11) is 1.71. The number of halogens is 2. The van der Waals surface area contributed by atoms with Crippen molar-refractivity contribution in [2.45, 2.75) is 25.6 Å². The summed E-state index contributed by atoms with van der Waals surface area (Å²) >= 11 is 9.93. The number of hydrogen-bond acceptors (Lipinski definition) is 1. The minimum atomic E-state index is 0.128. The molecule has 1 unspecified atom stereocenters. The van der Waals surface area contributed by atoms with Crippen LogP contribution in [0.2, 0.25) is 5.02 Å². The third-order valence-electron chi connectivity index (χ3n) is 3.34. The molecule has 0 bridgehead atoms. The van der Waals surface area contributed by atoms with Gasteiger partial charge in [-0.05, 0) is 60.7 Å². The average molecular weight is 354 g/mol. The molecule has 0 heterocycles. The molecule has 2 aromatic rings. The van der Waals surface area contributed by atoms with E-state index in [0.29, 0.717) is 0 Å². The van der Waals surface area contributed by atoms with Crippen molar-refractivity contribution in [1.82, 2.24) is 0 Å². The van der Waals surface area contributed by atoms with Crippen molar-refractivity contribution in [3.05, 3.63) is 63.2 Å². The lowest BCUT2D eigenvalue weighted by atomic mass is 9.99. The zero-order valence-corrected chi connectivity index (χ0v) is 14.5. The molecule has 2 aromatic carbocycles. The van der Waals surface area contributed by atoms with E-state index in [0.717, 1.165) is 21.9 Å². The highest BCUT2D eigenvalue weighted by atomic mass is 79.9. The van der Waals surface area contributed by atoms with E-state index in [1.165, 1.54) is 16.7 Å². The van der Waals surface area contributed by atoms with E-state index < -0.39 is 0 Å². The van der Waals surface area contributed by atoms with Gasteiger partial charge >= 0.3 is 0 Å². The first-order valence-corrected chi connectivity index (χ1v) is 7.78. The fraction of sp³-hybridized carbons (Fsp3) is 0.294. The molecule has 0 amide bonds. The molecule has 0 radical (unpaired) electrons. The van der Waals surface area contributed by atoms with Gasteiger partial charge in [-0.2, -0.15) is 0 Å². The number of ether oxygens (including phenoxy) is 1. The van der Waals surface area contributed by atoms with Crippen molar-refractivity contribution in [3.8, 4) is 5.75 Å². The Bertz CT molecular complexity index is 594. The van der Waals surface area contributed by atoms with Gasteiger partial charge in [0.2, 0.25) is 0 Å². The zero-order chi connectivity index (χ0) is 14.9. The molecule has 0 fully saturated rings. The molecule has 0 aromatic heterocycles. The Hall–Kier alpha value is -0.990. The molecule has 0 saturated heterocycles. The van der Waals surface area contributed by atoms with Crippen LogP contribution in [-0.2, 0) is 0 Å². The summed E-state index contributed by atoms with van der Waals surface area (Å²) in [6, 6.07) is 10.4. The second kappa shape index (κ2) is 6.19. The Labute approximate surface area is 134 Å². The second-order valence-electron chi connectivity index (χ2n) is 5.11. The SMILES string of the molecule is COc1c(C)cc(C(Br)c2cc(C)cc(Cl)c2)cc1C. The molecule has 3 heteroatoms. The maximum absolute atomic E-state index is 6.15. The van der Waals surface area contributed by atoms with E-state index in [4.69, 9.17) is 16.3 Å². The summed E-state index contributed by atoms with van der Waals surface area (Å²) in [5.74, 6) is 0.954. The van der Waals surface area contributed by atoms with E-state index in [1.807, 2.05) is 12.1 Å². The number of aryl methyl sites for hydroxylation is 3. The van der Waals surface area contributed by atoms with Gasteiger partial charge in [0.15, 0.2) is 0 Å². The van der Waals surface area contributed by atoms with Crippen molar-refractivity contribution in [1.29, 1.82) is 0 Å². The van der Waals surface area contributed by atoms with Crippen LogP contribution in [0.3, 0.4) is 0 Å². The summed E-state index contributed by atoms with van der Waals surface area (Å²) in [6.07, 6.45) is 0. The summed E-state index contributed by atoms with van der Waals surface area (Å²) in [6.45, 7) is 6.19. The van der Waals surface area contributed by atoms with Crippen LogP contribution in [0.5, 0.6) is 5.75 Å². The minimum absolute atomic E-state index is 0.128. The van der Waals surface area contributed by atoms with Crippen LogP contribution in [-0.4, -0.2) is 7.11 Å². The fourth-order valence-corrected chi connectivity index (χ4v) is 3.38. The highest BCUT2D eigenvalue weighted by molar-refractivity contribution is 9.09. The van der Waals surface area contributed by atoms with Gasteiger partial charge in [0.05, 0.1) is 11.9 Å². The molecule has 2 rings (SSSR count). The monoisotopic (exact) mass is 352 g/mol. The van der Waals surface area contributed by atoms with Gasteiger partial charge in [-0.1, -0.05) is 45.7 Å². The molecule has 106 valence electrons. The molecule has 0 aliphatic carbocycles. The Morgan fingerprint density at radius 1 is 0.950 bits per heavy atom. The first-order valence-electron chi connectivity index (χ1n) is 6.48. The predicted molar refractivity (Wildman–Crippen MR) is 89.4 cm³/mol. The van der Waals surface area contributed by atoms with Gasteiger partial charge in [-0.25, -0.2) is 0 Å². The third-order valence-corrected chi connectivity index (χ3v) is 4.61. The van der Waals surface area contributed by atoms with Crippen LogP contribution in [0.4, 0.5) is 0 Å². The molecule has 0 aliphatic heterocycles. The predicted octanol–water partition coefficient (Wildman–Crippen LogP) is 5.76. The Kier molecular flexibility index (Phi) is 4.77. The Morgan fingerprint density at radius 3 is 2.00 bits per heavy atom. The van der Waals surface area contributed by atoms with Crippen molar-refractivity contribution in [2.24, 2.45) is 0 Å². The van der Waals surface area contributed by atoms with E-state index in [9.17, 15) is 0 Å². The van der Waals surface area contributed by atoms with Crippen molar-refractivity contribution >= 4 is 27.5 Å². The maximum atomic E-state index is 6.15. The summed E-state index contributed by atoms with van der Waals surface area (Å²) < 4.78 is 5.42. The van der Waals surface area contributed by atoms with Gasteiger partial charge in [0.1, 0.15) is 5.75 Å². The van der Waals surface area contributed by atoms with Gasteiger partial charge in [0.25, 0.3) is 0 Å². The molecule has 20 heavy (non-hydrogen) atoms. The van der Waals surface area contributed by atoms with Gasteiger partial charge in [0, 0.05) is 5.02 Å². The lowest BCUT2D eigenvalue weighted by molar-refractivity contribution is 0.408. The molecule has 0 N–H and O–H groups in total. The first-order chi connectivity index (χ1) is 9.42. The average Bonchev–Trinajstić information content (AvgIpc) is 2.36. The molecule has 0 spiro atoms. The Balaban J connectivity index is 2.45. The molecule has 1 nitrogen and oxygen atoms in total.